The van der Waals surface area contributed by atoms with Crippen molar-refractivity contribution in [3.8, 4) is 16.9 Å². The second-order valence-electron chi connectivity index (χ2n) is 8.65. The zero-order valence-corrected chi connectivity index (χ0v) is 19.9. The van der Waals surface area contributed by atoms with Gasteiger partial charge in [0.1, 0.15) is 23.9 Å². The maximum Gasteiger partial charge on any atom is 0.327 e. The van der Waals surface area contributed by atoms with Gasteiger partial charge in [-0.05, 0) is 47.0 Å². The molecule has 5 aromatic rings. The lowest BCUT2D eigenvalue weighted by molar-refractivity contribution is -0.140. The Balaban J connectivity index is 1.17. The molecule has 3 aromatic carbocycles. The fourth-order valence-electron chi connectivity index (χ4n) is 4.09. The number of hydrogen-bond acceptors (Lipinski definition) is 5. The first kappa shape index (κ1) is 23.2. The molecule has 1 N–H and O–H groups in total. The van der Waals surface area contributed by atoms with Crippen molar-refractivity contribution >= 4 is 23.1 Å². The Hall–Kier alpha value is -4.52. The van der Waals surface area contributed by atoms with E-state index in [1.54, 1.807) is 4.57 Å². The molecule has 0 saturated carbocycles. The minimum absolute atomic E-state index is 0.374. The molecule has 2 heterocycles. The molecule has 0 aliphatic heterocycles. The third-order valence-corrected chi connectivity index (χ3v) is 6.12. The predicted molar refractivity (Wildman–Crippen MR) is 139 cm³/mol. The lowest BCUT2D eigenvalue weighted by Gasteiger charge is -2.16. The number of anilines is 1. The van der Waals surface area contributed by atoms with Gasteiger partial charge in [0.15, 0.2) is 5.58 Å². The number of carboxylic acids is 1. The molecule has 0 aliphatic carbocycles. The SMILES string of the molecule is CN(CCOc1ccc(CC(C(=O)O)n2ccc(-c3ccccc3)c2)cc1)c1nc2ccccc2o1. The number of benzene rings is 3. The average Bonchev–Trinajstić information content (AvgIpc) is 3.56. The maximum atomic E-state index is 12.0. The van der Waals surface area contributed by atoms with E-state index in [1.165, 1.54) is 0 Å². The summed E-state index contributed by atoms with van der Waals surface area (Å²) in [7, 11) is 1.91. The van der Waals surface area contributed by atoms with Crippen LogP contribution in [0.2, 0.25) is 0 Å². The van der Waals surface area contributed by atoms with Crippen LogP contribution in [-0.4, -0.2) is 40.8 Å². The first-order valence-corrected chi connectivity index (χ1v) is 11.8. The molecular weight excluding hydrogens is 454 g/mol. The largest absolute Gasteiger partial charge is 0.492 e. The highest BCUT2D eigenvalue weighted by Gasteiger charge is 2.20. The van der Waals surface area contributed by atoms with Crippen molar-refractivity contribution in [2.75, 3.05) is 25.1 Å². The molecule has 0 saturated heterocycles. The monoisotopic (exact) mass is 481 g/mol. The van der Waals surface area contributed by atoms with E-state index in [2.05, 4.69) is 4.98 Å². The van der Waals surface area contributed by atoms with E-state index in [1.807, 2.05) is 109 Å². The van der Waals surface area contributed by atoms with Crippen LogP contribution in [0.3, 0.4) is 0 Å². The van der Waals surface area contributed by atoms with E-state index in [4.69, 9.17) is 9.15 Å². The van der Waals surface area contributed by atoms with Crippen molar-refractivity contribution < 1.29 is 19.1 Å². The molecule has 0 fully saturated rings. The Bertz CT molecular complexity index is 1410. The van der Waals surface area contributed by atoms with E-state index >= 15 is 0 Å². The molecule has 0 bridgehead atoms. The Morgan fingerprint density at radius 3 is 2.50 bits per heavy atom. The van der Waals surface area contributed by atoms with Crippen LogP contribution in [-0.2, 0) is 11.2 Å². The smallest absolute Gasteiger partial charge is 0.327 e. The minimum atomic E-state index is -0.868. The van der Waals surface area contributed by atoms with Crippen LogP contribution in [0, 0.1) is 0 Å². The summed E-state index contributed by atoms with van der Waals surface area (Å²) in [6, 6.07) is 27.0. The van der Waals surface area contributed by atoms with E-state index in [0.717, 1.165) is 33.5 Å². The summed E-state index contributed by atoms with van der Waals surface area (Å²) < 4.78 is 13.4. The van der Waals surface area contributed by atoms with Gasteiger partial charge < -0.3 is 23.7 Å². The van der Waals surface area contributed by atoms with Crippen molar-refractivity contribution in [2.45, 2.75) is 12.5 Å². The first-order chi connectivity index (χ1) is 17.6. The number of oxazole rings is 1. The van der Waals surface area contributed by atoms with Gasteiger partial charge in [0.25, 0.3) is 6.01 Å². The van der Waals surface area contributed by atoms with Crippen molar-refractivity contribution in [3.63, 3.8) is 0 Å². The normalized spacial score (nSPS) is 11.9. The molecule has 1 unspecified atom stereocenters. The molecule has 2 aromatic heterocycles. The minimum Gasteiger partial charge on any atom is -0.492 e. The van der Waals surface area contributed by atoms with E-state index in [0.29, 0.717) is 25.6 Å². The summed E-state index contributed by atoms with van der Waals surface area (Å²) in [5, 5.41) is 9.87. The highest BCUT2D eigenvalue weighted by atomic mass is 16.5. The zero-order chi connectivity index (χ0) is 24.9. The molecule has 1 atom stereocenters. The third-order valence-electron chi connectivity index (χ3n) is 6.12. The van der Waals surface area contributed by atoms with Gasteiger partial charge in [0.05, 0.1) is 6.54 Å². The van der Waals surface area contributed by atoms with Crippen LogP contribution in [0.1, 0.15) is 11.6 Å². The number of carboxylic acid groups (broad SMARTS) is 1. The number of ether oxygens (including phenoxy) is 1. The van der Waals surface area contributed by atoms with Crippen LogP contribution >= 0.6 is 0 Å². The number of para-hydroxylation sites is 2. The maximum absolute atomic E-state index is 12.0. The summed E-state index contributed by atoms with van der Waals surface area (Å²) in [5.74, 6) is -0.142. The molecule has 36 heavy (non-hydrogen) atoms. The summed E-state index contributed by atoms with van der Waals surface area (Å²) in [4.78, 5) is 18.4. The molecule has 5 rings (SSSR count). The number of fused-ring (bicyclic) bond motifs is 1. The molecule has 0 aliphatic rings. The van der Waals surface area contributed by atoms with Gasteiger partial charge in [-0.3, -0.25) is 0 Å². The van der Waals surface area contributed by atoms with E-state index in [9.17, 15) is 9.90 Å². The second kappa shape index (κ2) is 10.4. The van der Waals surface area contributed by atoms with Gasteiger partial charge in [-0.2, -0.15) is 4.98 Å². The lowest BCUT2D eigenvalue weighted by Crippen LogP contribution is -2.24. The highest BCUT2D eigenvalue weighted by Crippen LogP contribution is 2.24. The topological polar surface area (TPSA) is 80.7 Å². The Morgan fingerprint density at radius 1 is 1.00 bits per heavy atom. The van der Waals surface area contributed by atoms with Gasteiger partial charge >= 0.3 is 5.97 Å². The summed E-state index contributed by atoms with van der Waals surface area (Å²) in [6.07, 6.45) is 4.09. The standard InChI is InChI=1S/C29H27N3O4/c1-31(29-30-25-9-5-6-10-27(25)36-29)17-18-35-24-13-11-21(12-14-24)19-26(28(33)34)32-16-15-23(20-32)22-7-3-2-4-8-22/h2-16,20,26H,17-19H2,1H3,(H,33,34). The first-order valence-electron chi connectivity index (χ1n) is 11.8. The fraction of sp³-hybridized carbons (Fsp3) is 0.172. The van der Waals surface area contributed by atoms with Crippen molar-refractivity contribution in [1.29, 1.82) is 0 Å². The fourth-order valence-corrected chi connectivity index (χ4v) is 4.09. The van der Waals surface area contributed by atoms with Crippen LogP contribution in [0.25, 0.3) is 22.2 Å². The third kappa shape index (κ3) is 5.25. The van der Waals surface area contributed by atoms with E-state index in [-0.39, 0.29) is 0 Å². The molecule has 7 heteroatoms. The molecule has 0 radical (unpaired) electrons. The number of carbonyl (C=O) groups is 1. The Morgan fingerprint density at radius 2 is 1.75 bits per heavy atom. The van der Waals surface area contributed by atoms with E-state index < -0.39 is 12.0 Å². The van der Waals surface area contributed by atoms with Crippen molar-refractivity contribution in [3.05, 3.63) is 103 Å². The second-order valence-corrected chi connectivity index (χ2v) is 8.65. The lowest BCUT2D eigenvalue weighted by atomic mass is 10.1. The van der Waals surface area contributed by atoms with Crippen LogP contribution in [0.5, 0.6) is 5.75 Å². The Kier molecular flexibility index (Phi) is 6.71. The number of likely N-dealkylation sites (N-methyl/N-ethyl adjacent to an activating group) is 1. The summed E-state index contributed by atoms with van der Waals surface area (Å²) in [6.45, 7) is 1.06. The predicted octanol–water partition coefficient (Wildman–Crippen LogP) is 5.68. The number of aliphatic carboxylic acids is 1. The van der Waals surface area contributed by atoms with Gasteiger partial charge in [-0.25, -0.2) is 4.79 Å². The quantitative estimate of drug-likeness (QED) is 0.276. The average molecular weight is 482 g/mol. The molecule has 182 valence electrons. The molecule has 0 spiro atoms. The Labute approximate surface area is 209 Å². The number of aromatic nitrogens is 2. The van der Waals surface area contributed by atoms with Crippen molar-refractivity contribution in [1.82, 2.24) is 9.55 Å². The number of hydrogen-bond donors (Lipinski definition) is 1. The molecule has 7 nitrogen and oxygen atoms in total. The zero-order valence-electron chi connectivity index (χ0n) is 19.9. The summed E-state index contributed by atoms with van der Waals surface area (Å²) >= 11 is 0. The van der Waals surface area contributed by atoms with Crippen LogP contribution in [0.15, 0.2) is 102 Å². The van der Waals surface area contributed by atoms with Gasteiger partial charge in [0, 0.05) is 25.9 Å². The molecular formula is C29H27N3O4. The van der Waals surface area contributed by atoms with Gasteiger partial charge in [0.2, 0.25) is 0 Å². The van der Waals surface area contributed by atoms with Crippen LogP contribution in [0.4, 0.5) is 6.01 Å². The van der Waals surface area contributed by atoms with Gasteiger partial charge in [-0.15, -0.1) is 0 Å². The molecule has 0 amide bonds. The summed E-state index contributed by atoms with van der Waals surface area (Å²) in [5.41, 5.74) is 4.56. The van der Waals surface area contributed by atoms with Crippen LogP contribution < -0.4 is 9.64 Å². The number of rotatable bonds is 10. The van der Waals surface area contributed by atoms with Gasteiger partial charge in [-0.1, -0.05) is 54.6 Å². The highest BCUT2D eigenvalue weighted by molar-refractivity contribution is 5.74. The van der Waals surface area contributed by atoms with Crippen molar-refractivity contribution in [2.24, 2.45) is 0 Å². The number of nitrogens with zero attached hydrogens (tertiary/aromatic N) is 3.